The Morgan fingerprint density at radius 1 is 1.44 bits per heavy atom. The predicted molar refractivity (Wildman–Crippen MR) is 71.7 cm³/mol. The van der Waals surface area contributed by atoms with Crippen molar-refractivity contribution in [2.45, 2.75) is 25.8 Å². The topological polar surface area (TPSA) is 62.2 Å². The third-order valence-electron chi connectivity index (χ3n) is 2.79. The van der Waals surface area contributed by atoms with E-state index in [1.54, 1.807) is 6.20 Å². The summed E-state index contributed by atoms with van der Waals surface area (Å²) in [5, 5.41) is 13.0. The predicted octanol–water partition coefficient (Wildman–Crippen LogP) is 2.90. The largest absolute Gasteiger partial charge is 0.481 e. The molecule has 0 fully saturated rings. The van der Waals surface area contributed by atoms with Gasteiger partial charge in [0.25, 0.3) is 0 Å². The molecule has 0 aliphatic carbocycles. The van der Waals surface area contributed by atoms with E-state index in [1.165, 1.54) is 0 Å². The third kappa shape index (κ3) is 3.20. The van der Waals surface area contributed by atoms with E-state index in [9.17, 15) is 4.79 Å². The first-order chi connectivity index (χ1) is 8.65. The molecule has 1 heterocycles. The average Bonchev–Trinajstić information content (AvgIpc) is 2.36. The van der Waals surface area contributed by atoms with Gasteiger partial charge >= 0.3 is 5.97 Å². The van der Waals surface area contributed by atoms with Gasteiger partial charge < -0.3 is 10.4 Å². The quantitative estimate of drug-likeness (QED) is 0.849. The molecule has 94 valence electrons. The molecule has 2 aromatic rings. The molecule has 4 heteroatoms. The molecule has 1 aromatic heterocycles. The second-order valence-corrected chi connectivity index (χ2v) is 4.39. The fraction of sp³-hybridized carbons (Fsp3) is 0.286. The lowest BCUT2D eigenvalue weighted by molar-refractivity contribution is -0.137. The van der Waals surface area contributed by atoms with Gasteiger partial charge in [0.1, 0.15) is 0 Å². The van der Waals surface area contributed by atoms with E-state index >= 15 is 0 Å². The van der Waals surface area contributed by atoms with Crippen molar-refractivity contribution in [3.63, 3.8) is 0 Å². The molecule has 2 rings (SSSR count). The monoisotopic (exact) mass is 244 g/mol. The highest BCUT2D eigenvalue weighted by Gasteiger charge is 2.06. The van der Waals surface area contributed by atoms with Gasteiger partial charge in [0.05, 0.1) is 17.4 Å². The zero-order valence-electron chi connectivity index (χ0n) is 10.3. The lowest BCUT2D eigenvalue weighted by atomic mass is 10.1. The van der Waals surface area contributed by atoms with Crippen molar-refractivity contribution in [1.82, 2.24) is 4.98 Å². The first-order valence-corrected chi connectivity index (χ1v) is 5.98. The van der Waals surface area contributed by atoms with Gasteiger partial charge in [0.2, 0.25) is 0 Å². The number of aliphatic carboxylic acids is 1. The van der Waals surface area contributed by atoms with Crippen LogP contribution < -0.4 is 5.32 Å². The van der Waals surface area contributed by atoms with Crippen molar-refractivity contribution in [3.05, 3.63) is 36.5 Å². The lowest BCUT2D eigenvalue weighted by Gasteiger charge is -2.14. The number of pyridine rings is 1. The number of benzene rings is 1. The maximum atomic E-state index is 10.5. The Kier molecular flexibility index (Phi) is 3.77. The molecular weight excluding hydrogens is 228 g/mol. The van der Waals surface area contributed by atoms with E-state index in [0.29, 0.717) is 6.42 Å². The zero-order valence-corrected chi connectivity index (χ0v) is 10.3. The van der Waals surface area contributed by atoms with Crippen LogP contribution in [0.2, 0.25) is 0 Å². The molecule has 0 aliphatic heterocycles. The van der Waals surface area contributed by atoms with Crippen LogP contribution in [0.4, 0.5) is 5.69 Å². The highest BCUT2D eigenvalue weighted by Crippen LogP contribution is 2.17. The Morgan fingerprint density at radius 3 is 3.00 bits per heavy atom. The SMILES string of the molecule is CC(CCC(=O)O)Nc1cnc2ccccc2c1. The summed E-state index contributed by atoms with van der Waals surface area (Å²) < 4.78 is 0. The molecule has 0 amide bonds. The number of carbonyl (C=O) groups is 1. The van der Waals surface area contributed by atoms with Crippen LogP contribution in [0, 0.1) is 0 Å². The molecular formula is C14H16N2O2. The second-order valence-electron chi connectivity index (χ2n) is 4.39. The molecule has 1 unspecified atom stereocenters. The number of carboxylic acid groups (broad SMARTS) is 1. The summed E-state index contributed by atoms with van der Waals surface area (Å²) in [6.45, 7) is 1.97. The maximum Gasteiger partial charge on any atom is 0.303 e. The molecule has 0 spiro atoms. The molecule has 1 atom stereocenters. The molecule has 4 nitrogen and oxygen atoms in total. The van der Waals surface area contributed by atoms with Crippen LogP contribution in [0.3, 0.4) is 0 Å². The number of hydrogen-bond acceptors (Lipinski definition) is 3. The molecule has 0 saturated heterocycles. The fourth-order valence-electron chi connectivity index (χ4n) is 1.85. The number of para-hydroxylation sites is 1. The molecule has 2 N–H and O–H groups in total. The van der Waals surface area contributed by atoms with Crippen LogP contribution >= 0.6 is 0 Å². The van der Waals surface area contributed by atoms with Gasteiger partial charge in [0, 0.05) is 17.8 Å². The van der Waals surface area contributed by atoms with E-state index in [1.807, 2.05) is 37.3 Å². The summed E-state index contributed by atoms with van der Waals surface area (Å²) in [5.74, 6) is -0.764. The van der Waals surface area contributed by atoms with Crippen LogP contribution in [0.5, 0.6) is 0 Å². The number of fused-ring (bicyclic) bond motifs is 1. The van der Waals surface area contributed by atoms with E-state index in [-0.39, 0.29) is 12.5 Å². The van der Waals surface area contributed by atoms with E-state index in [0.717, 1.165) is 16.6 Å². The normalized spacial score (nSPS) is 12.3. The number of carboxylic acids is 1. The Morgan fingerprint density at radius 2 is 2.22 bits per heavy atom. The van der Waals surface area contributed by atoms with Crippen molar-refractivity contribution >= 4 is 22.6 Å². The third-order valence-corrected chi connectivity index (χ3v) is 2.79. The summed E-state index contributed by atoms with van der Waals surface area (Å²) in [6.07, 6.45) is 2.55. The number of nitrogens with one attached hydrogen (secondary N) is 1. The summed E-state index contributed by atoms with van der Waals surface area (Å²) >= 11 is 0. The lowest BCUT2D eigenvalue weighted by Crippen LogP contribution is -2.16. The Bertz CT molecular complexity index is 554. The van der Waals surface area contributed by atoms with Crippen LogP contribution in [0.25, 0.3) is 10.9 Å². The van der Waals surface area contributed by atoms with Gasteiger partial charge in [-0.25, -0.2) is 0 Å². The standard InChI is InChI=1S/C14H16N2O2/c1-10(6-7-14(17)18)16-12-8-11-4-2-3-5-13(11)15-9-12/h2-5,8-10,16H,6-7H2,1H3,(H,17,18). The fourth-order valence-corrected chi connectivity index (χ4v) is 1.85. The van der Waals surface area contributed by atoms with Gasteiger partial charge in [0.15, 0.2) is 0 Å². The van der Waals surface area contributed by atoms with Crippen molar-refractivity contribution < 1.29 is 9.90 Å². The molecule has 0 saturated carbocycles. The average molecular weight is 244 g/mol. The highest BCUT2D eigenvalue weighted by molar-refractivity contribution is 5.81. The number of aromatic nitrogens is 1. The van der Waals surface area contributed by atoms with Crippen molar-refractivity contribution in [2.75, 3.05) is 5.32 Å². The Balaban J connectivity index is 2.05. The van der Waals surface area contributed by atoms with Gasteiger partial charge in [-0.3, -0.25) is 9.78 Å². The summed E-state index contributed by atoms with van der Waals surface area (Å²) in [6, 6.07) is 10.0. The first kappa shape index (κ1) is 12.4. The minimum Gasteiger partial charge on any atom is -0.481 e. The maximum absolute atomic E-state index is 10.5. The molecule has 0 bridgehead atoms. The molecule has 1 aromatic carbocycles. The number of rotatable bonds is 5. The van der Waals surface area contributed by atoms with E-state index in [2.05, 4.69) is 10.3 Å². The minimum atomic E-state index is -0.764. The molecule has 0 radical (unpaired) electrons. The van der Waals surface area contributed by atoms with Gasteiger partial charge in [-0.15, -0.1) is 0 Å². The summed E-state index contributed by atoms with van der Waals surface area (Å²) in [5.41, 5.74) is 1.88. The van der Waals surface area contributed by atoms with Crippen molar-refractivity contribution in [3.8, 4) is 0 Å². The summed E-state index contributed by atoms with van der Waals surface area (Å²) in [7, 11) is 0. The minimum absolute atomic E-state index is 0.115. The van der Waals surface area contributed by atoms with Gasteiger partial charge in [-0.05, 0) is 25.5 Å². The van der Waals surface area contributed by atoms with Gasteiger partial charge in [-0.2, -0.15) is 0 Å². The second kappa shape index (κ2) is 5.49. The highest BCUT2D eigenvalue weighted by atomic mass is 16.4. The number of nitrogens with zero attached hydrogens (tertiary/aromatic N) is 1. The van der Waals surface area contributed by atoms with Crippen molar-refractivity contribution in [1.29, 1.82) is 0 Å². The van der Waals surface area contributed by atoms with Crippen LogP contribution in [0.15, 0.2) is 36.5 Å². The number of anilines is 1. The number of hydrogen-bond donors (Lipinski definition) is 2. The molecule has 0 aliphatic rings. The van der Waals surface area contributed by atoms with Gasteiger partial charge in [-0.1, -0.05) is 18.2 Å². The van der Waals surface area contributed by atoms with Crippen LogP contribution in [0.1, 0.15) is 19.8 Å². The van der Waals surface area contributed by atoms with Crippen LogP contribution in [-0.2, 0) is 4.79 Å². The van der Waals surface area contributed by atoms with Crippen molar-refractivity contribution in [2.24, 2.45) is 0 Å². The Labute approximate surface area is 106 Å². The summed E-state index contributed by atoms with van der Waals surface area (Å²) in [4.78, 5) is 14.8. The first-order valence-electron chi connectivity index (χ1n) is 5.98. The van der Waals surface area contributed by atoms with E-state index in [4.69, 9.17) is 5.11 Å². The smallest absolute Gasteiger partial charge is 0.303 e. The zero-order chi connectivity index (χ0) is 13.0. The Hall–Kier alpha value is -2.10. The van der Waals surface area contributed by atoms with E-state index < -0.39 is 5.97 Å². The van der Waals surface area contributed by atoms with Crippen LogP contribution in [-0.4, -0.2) is 22.1 Å². The molecule has 18 heavy (non-hydrogen) atoms.